The van der Waals surface area contributed by atoms with Gasteiger partial charge in [-0.1, -0.05) is 23.5 Å². The Hall–Kier alpha value is -2.71. The number of nitrogens with one attached hydrogen (secondary N) is 1. The second-order valence-electron chi connectivity index (χ2n) is 4.45. The van der Waals surface area contributed by atoms with E-state index in [1.165, 1.54) is 0 Å². The van der Waals surface area contributed by atoms with Crippen LogP contribution in [-0.4, -0.2) is 22.6 Å². The van der Waals surface area contributed by atoms with Gasteiger partial charge in [0.2, 0.25) is 0 Å². The van der Waals surface area contributed by atoms with Crippen LogP contribution in [0.15, 0.2) is 36.5 Å². The number of hydrogen-bond acceptors (Lipinski definition) is 4. The summed E-state index contributed by atoms with van der Waals surface area (Å²) in [7, 11) is 0. The molecule has 0 aliphatic heterocycles. The van der Waals surface area contributed by atoms with E-state index in [0.717, 1.165) is 5.56 Å². The first-order valence-electron chi connectivity index (χ1n) is 6.55. The van der Waals surface area contributed by atoms with E-state index < -0.39 is 0 Å². The van der Waals surface area contributed by atoms with E-state index in [1.54, 1.807) is 18.3 Å². The van der Waals surface area contributed by atoms with Crippen LogP contribution in [0.2, 0.25) is 0 Å². The molecule has 0 aliphatic rings. The quantitative estimate of drug-likeness (QED) is 0.823. The molecule has 0 fully saturated rings. The summed E-state index contributed by atoms with van der Waals surface area (Å²) in [4.78, 5) is 12.3. The molecule has 5 nitrogen and oxygen atoms in total. The fourth-order valence-corrected chi connectivity index (χ4v) is 1.79. The van der Waals surface area contributed by atoms with Crippen LogP contribution in [-0.2, 0) is 6.54 Å². The van der Waals surface area contributed by atoms with Gasteiger partial charge in [-0.25, -0.2) is 0 Å². The molecule has 1 amide bonds. The third-order valence-electron chi connectivity index (χ3n) is 2.80. The van der Waals surface area contributed by atoms with Crippen LogP contribution >= 0.6 is 0 Å². The number of rotatable bonds is 3. The average molecular weight is 280 g/mol. The number of carbonyl (C=O) groups excluding carboxylic acids is 1. The Morgan fingerprint density at radius 1 is 1.38 bits per heavy atom. The summed E-state index contributed by atoms with van der Waals surface area (Å²) in [5.41, 5.74) is 8.29. The lowest BCUT2D eigenvalue weighted by Crippen LogP contribution is -2.24. The molecule has 5 heteroatoms. The molecule has 21 heavy (non-hydrogen) atoms. The lowest BCUT2D eigenvalue weighted by molar-refractivity contribution is 0.0950. The van der Waals surface area contributed by atoms with Gasteiger partial charge in [-0.3, -0.25) is 4.79 Å². The van der Waals surface area contributed by atoms with E-state index in [0.29, 0.717) is 23.4 Å². The van der Waals surface area contributed by atoms with E-state index >= 15 is 0 Å². The zero-order chi connectivity index (χ0) is 15.1. The smallest absolute Gasteiger partial charge is 0.252 e. The first kappa shape index (κ1) is 14.7. The van der Waals surface area contributed by atoms with Crippen molar-refractivity contribution in [2.45, 2.75) is 13.5 Å². The third kappa shape index (κ3) is 4.13. The van der Waals surface area contributed by atoms with E-state index in [2.05, 4.69) is 27.4 Å². The third-order valence-corrected chi connectivity index (χ3v) is 2.80. The Morgan fingerprint density at radius 3 is 2.95 bits per heavy atom. The molecule has 2 aromatic rings. The highest BCUT2D eigenvalue weighted by Gasteiger charge is 2.10. The summed E-state index contributed by atoms with van der Waals surface area (Å²) < 4.78 is 0. The topological polar surface area (TPSA) is 80.9 Å². The van der Waals surface area contributed by atoms with Crippen molar-refractivity contribution in [3.8, 4) is 11.8 Å². The van der Waals surface area contributed by atoms with Crippen molar-refractivity contribution in [2.24, 2.45) is 5.73 Å². The molecule has 0 radical (unpaired) electrons. The van der Waals surface area contributed by atoms with Crippen LogP contribution in [0.1, 0.15) is 27.2 Å². The van der Waals surface area contributed by atoms with Crippen molar-refractivity contribution >= 4 is 5.91 Å². The summed E-state index contributed by atoms with van der Waals surface area (Å²) in [5, 5.41) is 10.5. The standard InChI is InChI=1S/C16H16N4O/c1-12-6-7-13(4-2-8-17)15(10-12)16(21)18-11-14-5-3-9-19-20-14/h3,5-7,9-10H,8,11,17H2,1H3,(H,18,21). The Kier molecular flexibility index (Phi) is 5.02. The second kappa shape index (κ2) is 7.17. The monoisotopic (exact) mass is 280 g/mol. The first-order chi connectivity index (χ1) is 10.2. The minimum atomic E-state index is -0.189. The Labute approximate surface area is 123 Å². The van der Waals surface area contributed by atoms with Crippen molar-refractivity contribution in [1.82, 2.24) is 15.5 Å². The molecule has 106 valence electrons. The predicted octanol–water partition coefficient (Wildman–Crippen LogP) is 1.03. The molecule has 0 spiro atoms. The Balaban J connectivity index is 2.16. The zero-order valence-electron chi connectivity index (χ0n) is 11.8. The predicted molar refractivity (Wildman–Crippen MR) is 80.3 cm³/mol. The molecule has 0 aliphatic carbocycles. The maximum Gasteiger partial charge on any atom is 0.252 e. The Bertz CT molecular complexity index is 686. The van der Waals surface area contributed by atoms with E-state index in [4.69, 9.17) is 5.73 Å². The number of nitrogens with two attached hydrogens (primary N) is 1. The lowest BCUT2D eigenvalue weighted by atomic mass is 10.0. The molecule has 0 bridgehead atoms. The average Bonchev–Trinajstić information content (AvgIpc) is 2.52. The molecule has 0 saturated heterocycles. The van der Waals surface area contributed by atoms with Gasteiger partial charge < -0.3 is 11.1 Å². The minimum Gasteiger partial charge on any atom is -0.346 e. The van der Waals surface area contributed by atoms with Crippen LogP contribution in [0.4, 0.5) is 0 Å². The number of aromatic nitrogens is 2. The number of benzene rings is 1. The van der Waals surface area contributed by atoms with Crippen LogP contribution in [0.25, 0.3) is 0 Å². The fraction of sp³-hybridized carbons (Fsp3) is 0.188. The van der Waals surface area contributed by atoms with Gasteiger partial charge in [0.15, 0.2) is 0 Å². The zero-order valence-corrected chi connectivity index (χ0v) is 11.8. The molecule has 3 N–H and O–H groups in total. The largest absolute Gasteiger partial charge is 0.346 e. The highest BCUT2D eigenvalue weighted by atomic mass is 16.1. The van der Waals surface area contributed by atoms with Gasteiger partial charge in [0.1, 0.15) is 0 Å². The Morgan fingerprint density at radius 2 is 2.24 bits per heavy atom. The molecule has 2 rings (SSSR count). The van der Waals surface area contributed by atoms with Gasteiger partial charge in [0.25, 0.3) is 5.91 Å². The summed E-state index contributed by atoms with van der Waals surface area (Å²) in [5.74, 6) is 5.49. The van der Waals surface area contributed by atoms with Crippen molar-refractivity contribution in [2.75, 3.05) is 6.54 Å². The SMILES string of the molecule is Cc1ccc(C#CCN)c(C(=O)NCc2cccnn2)c1. The van der Waals surface area contributed by atoms with Crippen molar-refractivity contribution in [1.29, 1.82) is 0 Å². The van der Waals surface area contributed by atoms with E-state index in [-0.39, 0.29) is 12.5 Å². The maximum atomic E-state index is 12.3. The summed E-state index contributed by atoms with van der Waals surface area (Å²) in [6.45, 7) is 2.51. The highest BCUT2D eigenvalue weighted by Crippen LogP contribution is 2.11. The molecule has 1 heterocycles. The van der Waals surface area contributed by atoms with Crippen molar-refractivity contribution < 1.29 is 4.79 Å². The second-order valence-corrected chi connectivity index (χ2v) is 4.45. The van der Waals surface area contributed by atoms with Crippen LogP contribution in [0, 0.1) is 18.8 Å². The van der Waals surface area contributed by atoms with E-state index in [1.807, 2.05) is 25.1 Å². The molecule has 1 aromatic heterocycles. The van der Waals surface area contributed by atoms with Gasteiger partial charge in [0.05, 0.1) is 24.3 Å². The first-order valence-corrected chi connectivity index (χ1v) is 6.55. The summed E-state index contributed by atoms with van der Waals surface area (Å²) in [6.07, 6.45) is 1.59. The summed E-state index contributed by atoms with van der Waals surface area (Å²) in [6, 6.07) is 9.14. The van der Waals surface area contributed by atoms with Crippen molar-refractivity contribution in [3.63, 3.8) is 0 Å². The van der Waals surface area contributed by atoms with Gasteiger partial charge >= 0.3 is 0 Å². The van der Waals surface area contributed by atoms with Crippen LogP contribution in [0.5, 0.6) is 0 Å². The van der Waals surface area contributed by atoms with Gasteiger partial charge in [0, 0.05) is 11.8 Å². The normalized spacial score (nSPS) is 9.62. The maximum absolute atomic E-state index is 12.3. The molecular formula is C16H16N4O. The van der Waals surface area contributed by atoms with Crippen LogP contribution in [0.3, 0.4) is 0 Å². The molecule has 1 aromatic carbocycles. The summed E-state index contributed by atoms with van der Waals surface area (Å²) >= 11 is 0. The van der Waals surface area contributed by atoms with Crippen molar-refractivity contribution in [3.05, 3.63) is 58.9 Å². The number of nitrogens with zero attached hydrogens (tertiary/aromatic N) is 2. The van der Waals surface area contributed by atoms with E-state index in [9.17, 15) is 4.79 Å². The minimum absolute atomic E-state index is 0.189. The number of hydrogen-bond donors (Lipinski definition) is 2. The van der Waals surface area contributed by atoms with Crippen LogP contribution < -0.4 is 11.1 Å². The number of amides is 1. The number of aryl methyl sites for hydroxylation is 1. The fourth-order valence-electron chi connectivity index (χ4n) is 1.79. The molecule has 0 unspecified atom stereocenters. The molecule has 0 atom stereocenters. The highest BCUT2D eigenvalue weighted by molar-refractivity contribution is 5.96. The van der Waals surface area contributed by atoms with Gasteiger partial charge in [-0.15, -0.1) is 0 Å². The number of carbonyl (C=O) groups is 1. The lowest BCUT2D eigenvalue weighted by Gasteiger charge is -2.07. The van der Waals surface area contributed by atoms with Gasteiger partial charge in [-0.2, -0.15) is 10.2 Å². The molecular weight excluding hydrogens is 264 g/mol. The molecule has 0 saturated carbocycles. The van der Waals surface area contributed by atoms with Gasteiger partial charge in [-0.05, 0) is 31.2 Å².